The minimum absolute atomic E-state index is 0.105. The Hall–Kier alpha value is -1.30. The highest BCUT2D eigenvalue weighted by Crippen LogP contribution is 2.29. The molecule has 3 nitrogen and oxygen atoms in total. The number of nitrogens with zero attached hydrogens (tertiary/aromatic N) is 1. The normalized spacial score (nSPS) is 13.2. The predicted octanol–water partition coefficient (Wildman–Crippen LogP) is 3.17. The van der Waals surface area contributed by atoms with Crippen molar-refractivity contribution in [3.8, 4) is 0 Å². The van der Waals surface area contributed by atoms with Gasteiger partial charge in [0.05, 0.1) is 10.2 Å². The molecule has 1 heterocycles. The van der Waals surface area contributed by atoms with Crippen molar-refractivity contribution in [2.45, 2.75) is 5.75 Å². The van der Waals surface area contributed by atoms with E-state index in [4.69, 9.17) is 4.55 Å². The minimum Gasteiger partial charge on any atom is -0.306 e. The maximum absolute atomic E-state index is 10.8. The molecule has 0 fully saturated rings. The van der Waals surface area contributed by atoms with Crippen molar-refractivity contribution in [1.82, 2.24) is 4.98 Å². The van der Waals surface area contributed by atoms with Crippen LogP contribution in [-0.4, -0.2) is 13.7 Å². The molecule has 0 spiro atoms. The van der Waals surface area contributed by atoms with Crippen LogP contribution in [0.5, 0.6) is 0 Å². The van der Waals surface area contributed by atoms with Crippen molar-refractivity contribution in [1.29, 1.82) is 0 Å². The standard InChI is InChI=1S/C12H9NO2S2/c14-17(15)7-11-13-12-9-4-2-1-3-8(9)5-6-10(12)16-11/h1-6H,7H2,(H,14,15). The summed E-state index contributed by atoms with van der Waals surface area (Å²) in [6.45, 7) is 0. The summed E-state index contributed by atoms with van der Waals surface area (Å²) in [5.74, 6) is 0.105. The number of benzene rings is 2. The molecule has 3 aromatic rings. The number of hydrogen-bond donors (Lipinski definition) is 1. The number of aromatic nitrogens is 1. The van der Waals surface area contributed by atoms with E-state index in [0.717, 1.165) is 21.0 Å². The lowest BCUT2D eigenvalue weighted by molar-refractivity contribution is 0.563. The lowest BCUT2D eigenvalue weighted by Crippen LogP contribution is -1.91. The molecule has 1 atom stereocenters. The first-order chi connectivity index (χ1) is 8.24. The van der Waals surface area contributed by atoms with Gasteiger partial charge in [0.2, 0.25) is 0 Å². The van der Waals surface area contributed by atoms with Gasteiger partial charge >= 0.3 is 0 Å². The molecule has 0 aliphatic rings. The van der Waals surface area contributed by atoms with Gasteiger partial charge in [0.25, 0.3) is 0 Å². The molecule has 0 aliphatic heterocycles. The molecule has 0 aliphatic carbocycles. The highest BCUT2D eigenvalue weighted by Gasteiger charge is 2.08. The Bertz CT molecular complexity index is 721. The maximum atomic E-state index is 10.8. The van der Waals surface area contributed by atoms with Gasteiger partial charge < -0.3 is 4.55 Å². The molecule has 0 saturated heterocycles. The fourth-order valence-electron chi connectivity index (χ4n) is 1.87. The van der Waals surface area contributed by atoms with E-state index in [2.05, 4.69) is 11.1 Å². The molecule has 0 amide bonds. The van der Waals surface area contributed by atoms with Crippen LogP contribution in [0.3, 0.4) is 0 Å². The second kappa shape index (κ2) is 4.18. The Labute approximate surface area is 104 Å². The van der Waals surface area contributed by atoms with Crippen LogP contribution >= 0.6 is 11.3 Å². The van der Waals surface area contributed by atoms with Crippen LogP contribution in [0, 0.1) is 0 Å². The van der Waals surface area contributed by atoms with E-state index in [1.165, 1.54) is 11.3 Å². The predicted molar refractivity (Wildman–Crippen MR) is 71.6 cm³/mol. The third-order valence-corrected chi connectivity index (χ3v) is 4.30. The van der Waals surface area contributed by atoms with Crippen LogP contribution in [0.1, 0.15) is 5.01 Å². The van der Waals surface area contributed by atoms with Gasteiger partial charge in [-0.15, -0.1) is 11.3 Å². The smallest absolute Gasteiger partial charge is 0.159 e. The first-order valence-corrected chi connectivity index (χ1v) is 7.18. The minimum atomic E-state index is -1.83. The Morgan fingerprint density at radius 1 is 1.24 bits per heavy atom. The quantitative estimate of drug-likeness (QED) is 0.722. The van der Waals surface area contributed by atoms with Gasteiger partial charge in [-0.05, 0) is 11.5 Å². The lowest BCUT2D eigenvalue weighted by atomic mass is 10.1. The van der Waals surface area contributed by atoms with Gasteiger partial charge in [-0.2, -0.15) is 0 Å². The topological polar surface area (TPSA) is 50.2 Å². The van der Waals surface area contributed by atoms with Crippen LogP contribution in [0.15, 0.2) is 36.4 Å². The second-order valence-corrected chi connectivity index (χ2v) is 5.75. The third kappa shape index (κ3) is 1.97. The number of rotatable bonds is 2. The van der Waals surface area contributed by atoms with Crippen molar-refractivity contribution >= 4 is 43.4 Å². The summed E-state index contributed by atoms with van der Waals surface area (Å²) >= 11 is -0.353. The van der Waals surface area contributed by atoms with Gasteiger partial charge in [-0.25, -0.2) is 9.19 Å². The molecule has 2 aromatic carbocycles. The fourth-order valence-corrected chi connectivity index (χ4v) is 3.47. The van der Waals surface area contributed by atoms with Crippen molar-refractivity contribution in [3.63, 3.8) is 0 Å². The average molecular weight is 263 g/mol. The van der Waals surface area contributed by atoms with E-state index in [1.54, 1.807) is 0 Å². The molecular weight excluding hydrogens is 254 g/mol. The Morgan fingerprint density at radius 3 is 2.88 bits per heavy atom. The number of thiazole rings is 1. The van der Waals surface area contributed by atoms with Crippen LogP contribution < -0.4 is 0 Å². The fraction of sp³-hybridized carbons (Fsp3) is 0.0833. The summed E-state index contributed by atoms with van der Waals surface area (Å²) in [5.41, 5.74) is 0.925. The van der Waals surface area contributed by atoms with Crippen molar-refractivity contribution in [2.24, 2.45) is 0 Å². The van der Waals surface area contributed by atoms with Gasteiger partial charge in [0, 0.05) is 5.39 Å². The highest BCUT2D eigenvalue weighted by atomic mass is 32.2. The third-order valence-electron chi connectivity index (χ3n) is 2.57. The molecule has 5 heteroatoms. The van der Waals surface area contributed by atoms with Crippen molar-refractivity contribution in [2.75, 3.05) is 0 Å². The molecule has 1 N–H and O–H groups in total. The van der Waals surface area contributed by atoms with Crippen LogP contribution in [0.4, 0.5) is 0 Å². The van der Waals surface area contributed by atoms with Gasteiger partial charge in [-0.1, -0.05) is 30.3 Å². The summed E-state index contributed by atoms with van der Waals surface area (Å²) in [6, 6.07) is 12.1. The lowest BCUT2D eigenvalue weighted by Gasteiger charge is -1.96. The second-order valence-electron chi connectivity index (χ2n) is 3.71. The first-order valence-electron chi connectivity index (χ1n) is 5.08. The van der Waals surface area contributed by atoms with Gasteiger partial charge in [-0.3, -0.25) is 0 Å². The van der Waals surface area contributed by atoms with E-state index < -0.39 is 11.1 Å². The Balaban J connectivity index is 2.27. The van der Waals surface area contributed by atoms with Crippen LogP contribution in [-0.2, 0) is 16.8 Å². The molecule has 0 radical (unpaired) electrons. The SMILES string of the molecule is O=S(O)Cc1nc2c(ccc3ccccc32)s1. The summed E-state index contributed by atoms with van der Waals surface area (Å²) in [4.78, 5) is 4.45. The monoisotopic (exact) mass is 263 g/mol. The molecular formula is C12H9NO2S2. The van der Waals surface area contributed by atoms with Gasteiger partial charge in [0.15, 0.2) is 11.1 Å². The molecule has 1 unspecified atom stereocenters. The zero-order valence-corrected chi connectivity index (χ0v) is 10.4. The summed E-state index contributed by atoms with van der Waals surface area (Å²) in [6.07, 6.45) is 0. The van der Waals surface area contributed by atoms with E-state index in [9.17, 15) is 4.21 Å². The largest absolute Gasteiger partial charge is 0.306 e. The van der Waals surface area contributed by atoms with Crippen LogP contribution in [0.2, 0.25) is 0 Å². The molecule has 17 heavy (non-hydrogen) atoms. The molecule has 0 bridgehead atoms. The van der Waals surface area contributed by atoms with E-state index in [-0.39, 0.29) is 5.75 Å². The number of hydrogen-bond acceptors (Lipinski definition) is 3. The van der Waals surface area contributed by atoms with E-state index in [0.29, 0.717) is 5.01 Å². The molecule has 86 valence electrons. The summed E-state index contributed by atoms with van der Waals surface area (Å²) < 4.78 is 20.7. The Morgan fingerprint density at radius 2 is 2.06 bits per heavy atom. The molecule has 3 rings (SSSR count). The van der Waals surface area contributed by atoms with Crippen LogP contribution in [0.25, 0.3) is 21.0 Å². The summed E-state index contributed by atoms with van der Waals surface area (Å²) in [5, 5.41) is 2.94. The zero-order valence-electron chi connectivity index (χ0n) is 8.79. The van der Waals surface area contributed by atoms with E-state index in [1.807, 2.05) is 30.3 Å². The van der Waals surface area contributed by atoms with E-state index >= 15 is 0 Å². The number of fused-ring (bicyclic) bond motifs is 3. The summed E-state index contributed by atoms with van der Waals surface area (Å²) in [7, 11) is 0. The maximum Gasteiger partial charge on any atom is 0.159 e. The molecule has 1 aromatic heterocycles. The Kier molecular flexibility index (Phi) is 2.66. The zero-order chi connectivity index (χ0) is 11.8. The highest BCUT2D eigenvalue weighted by molar-refractivity contribution is 7.78. The van der Waals surface area contributed by atoms with Gasteiger partial charge in [0.1, 0.15) is 10.8 Å². The molecule has 0 saturated carbocycles. The average Bonchev–Trinajstić information content (AvgIpc) is 2.70. The first kappa shape index (κ1) is 10.8. The van der Waals surface area contributed by atoms with Crippen molar-refractivity contribution in [3.05, 3.63) is 41.4 Å². The van der Waals surface area contributed by atoms with Crippen molar-refractivity contribution < 1.29 is 8.76 Å².